The number of anilines is 1. The van der Waals surface area contributed by atoms with E-state index in [9.17, 15) is 4.79 Å². The van der Waals surface area contributed by atoms with Gasteiger partial charge in [-0.2, -0.15) is 0 Å². The zero-order valence-corrected chi connectivity index (χ0v) is 10.9. The average molecular weight is 270 g/mol. The Kier molecular flexibility index (Phi) is 2.90. The van der Waals surface area contributed by atoms with Crippen molar-refractivity contribution in [2.24, 2.45) is 0 Å². The van der Waals surface area contributed by atoms with Crippen molar-refractivity contribution in [3.8, 4) is 0 Å². The third kappa shape index (κ3) is 2.23. The first-order valence-electron chi connectivity index (χ1n) is 6.19. The Hall–Kier alpha value is -2.76. The number of fused-ring (bicyclic) bond motifs is 1. The second-order valence-electron chi connectivity index (χ2n) is 4.55. The third-order valence-electron chi connectivity index (χ3n) is 3.02. The summed E-state index contributed by atoms with van der Waals surface area (Å²) in [6, 6.07) is 5.41. The largest absolute Gasteiger partial charge is 0.444 e. The Balaban J connectivity index is 1.80. The summed E-state index contributed by atoms with van der Waals surface area (Å²) in [4.78, 5) is 19.2. The highest BCUT2D eigenvalue weighted by molar-refractivity contribution is 6.07. The fourth-order valence-electron chi connectivity index (χ4n) is 2.06. The molecular weight excluding hydrogens is 256 g/mol. The maximum atomic E-state index is 12.2. The number of hydrogen-bond donors (Lipinski definition) is 3. The fraction of sp³-hybridized carbons (Fsp3) is 0.143. The number of carbonyl (C=O) groups is 1. The number of nitrogens with two attached hydrogens (primary N) is 1. The molecule has 2 aromatic heterocycles. The molecule has 0 fully saturated rings. The van der Waals surface area contributed by atoms with Crippen LogP contribution >= 0.6 is 0 Å². The second-order valence-corrected chi connectivity index (χ2v) is 4.55. The van der Waals surface area contributed by atoms with Crippen LogP contribution in [-0.4, -0.2) is 15.9 Å². The molecule has 4 N–H and O–H groups in total. The van der Waals surface area contributed by atoms with Crippen molar-refractivity contribution in [1.82, 2.24) is 15.3 Å². The minimum atomic E-state index is -0.197. The van der Waals surface area contributed by atoms with Gasteiger partial charge >= 0.3 is 0 Å². The van der Waals surface area contributed by atoms with Crippen molar-refractivity contribution in [1.29, 1.82) is 0 Å². The summed E-state index contributed by atoms with van der Waals surface area (Å²) in [7, 11) is 0. The number of hydrogen-bond acceptors (Lipinski definition) is 4. The lowest BCUT2D eigenvalue weighted by Gasteiger charge is -2.02. The quantitative estimate of drug-likeness (QED) is 0.634. The van der Waals surface area contributed by atoms with E-state index in [-0.39, 0.29) is 12.5 Å². The molecule has 0 atom stereocenters. The number of nitrogen functional groups attached to an aromatic ring is 1. The van der Waals surface area contributed by atoms with E-state index in [2.05, 4.69) is 15.3 Å². The van der Waals surface area contributed by atoms with Crippen LogP contribution in [0.1, 0.15) is 22.0 Å². The maximum Gasteiger partial charge on any atom is 0.253 e. The molecule has 2 heterocycles. The van der Waals surface area contributed by atoms with Crippen LogP contribution in [0.2, 0.25) is 0 Å². The number of aromatic nitrogens is 2. The summed E-state index contributed by atoms with van der Waals surface area (Å²) in [5, 5.41) is 3.57. The summed E-state index contributed by atoms with van der Waals surface area (Å²) in [6.07, 6.45) is 3.29. The summed E-state index contributed by atoms with van der Waals surface area (Å²) < 4.78 is 5.30. The molecule has 102 valence electrons. The van der Waals surface area contributed by atoms with Crippen molar-refractivity contribution < 1.29 is 9.21 Å². The topological polar surface area (TPSA) is 96.9 Å². The zero-order valence-electron chi connectivity index (χ0n) is 10.9. The predicted molar refractivity (Wildman–Crippen MR) is 75.1 cm³/mol. The smallest absolute Gasteiger partial charge is 0.253 e. The van der Waals surface area contributed by atoms with Gasteiger partial charge in [0.1, 0.15) is 5.76 Å². The molecule has 0 aliphatic rings. The Morgan fingerprint density at radius 1 is 1.50 bits per heavy atom. The Morgan fingerprint density at radius 2 is 2.35 bits per heavy atom. The lowest BCUT2D eigenvalue weighted by Crippen LogP contribution is -2.22. The molecule has 0 unspecified atom stereocenters. The number of rotatable bonds is 3. The maximum absolute atomic E-state index is 12.2. The van der Waals surface area contributed by atoms with Gasteiger partial charge < -0.3 is 20.5 Å². The van der Waals surface area contributed by atoms with Crippen LogP contribution < -0.4 is 11.1 Å². The third-order valence-corrected chi connectivity index (χ3v) is 3.02. The van der Waals surface area contributed by atoms with Crippen molar-refractivity contribution in [2.45, 2.75) is 13.5 Å². The number of oxazole rings is 1. The fourth-order valence-corrected chi connectivity index (χ4v) is 2.06. The number of nitrogens with zero attached hydrogens (tertiary/aromatic N) is 1. The molecule has 0 bridgehead atoms. The average Bonchev–Trinajstić information content (AvgIpc) is 3.02. The van der Waals surface area contributed by atoms with Crippen molar-refractivity contribution in [2.75, 3.05) is 5.73 Å². The number of aryl methyl sites for hydroxylation is 1. The molecule has 3 rings (SSSR count). The van der Waals surface area contributed by atoms with Gasteiger partial charge in [0.2, 0.25) is 5.89 Å². The first-order chi connectivity index (χ1) is 9.63. The Bertz CT molecular complexity index is 772. The molecule has 0 spiro atoms. The van der Waals surface area contributed by atoms with Gasteiger partial charge in [0.25, 0.3) is 5.91 Å². The number of aromatic amines is 1. The Morgan fingerprint density at radius 3 is 3.10 bits per heavy atom. The van der Waals surface area contributed by atoms with Gasteiger partial charge in [-0.3, -0.25) is 4.79 Å². The van der Waals surface area contributed by atoms with Crippen LogP contribution in [0.3, 0.4) is 0 Å². The monoisotopic (exact) mass is 270 g/mol. The minimum Gasteiger partial charge on any atom is -0.444 e. The number of benzene rings is 1. The van der Waals surface area contributed by atoms with E-state index in [1.807, 2.05) is 6.07 Å². The van der Waals surface area contributed by atoms with Crippen molar-refractivity contribution >= 4 is 22.5 Å². The minimum absolute atomic E-state index is 0.197. The lowest BCUT2D eigenvalue weighted by atomic mass is 10.1. The van der Waals surface area contributed by atoms with Gasteiger partial charge in [-0.15, -0.1) is 0 Å². The van der Waals surface area contributed by atoms with Crippen LogP contribution in [-0.2, 0) is 6.54 Å². The van der Waals surface area contributed by atoms with Gasteiger partial charge in [0.15, 0.2) is 0 Å². The zero-order chi connectivity index (χ0) is 14.1. The molecule has 20 heavy (non-hydrogen) atoms. The van der Waals surface area contributed by atoms with Crippen LogP contribution in [0.5, 0.6) is 0 Å². The predicted octanol–water partition coefficient (Wildman–Crippen LogP) is 1.98. The van der Waals surface area contributed by atoms with Crippen LogP contribution in [0, 0.1) is 6.92 Å². The molecule has 0 saturated heterocycles. The SMILES string of the molecule is Cc1cnc(CNC(=O)c2c[nH]c3ccc(N)cc23)o1. The van der Waals surface area contributed by atoms with Gasteiger partial charge in [-0.05, 0) is 25.1 Å². The van der Waals surface area contributed by atoms with E-state index < -0.39 is 0 Å². The summed E-state index contributed by atoms with van der Waals surface area (Å²) in [5.74, 6) is 1.00. The molecule has 0 aliphatic carbocycles. The number of nitrogens with one attached hydrogen (secondary N) is 2. The summed E-state index contributed by atoms with van der Waals surface area (Å²) in [5.41, 5.74) is 7.79. The number of H-pyrrole nitrogens is 1. The molecule has 6 heteroatoms. The molecule has 0 saturated carbocycles. The highest BCUT2D eigenvalue weighted by Crippen LogP contribution is 2.20. The number of amides is 1. The Labute approximate surface area is 115 Å². The summed E-state index contributed by atoms with van der Waals surface area (Å²) in [6.45, 7) is 2.06. The molecule has 0 aliphatic heterocycles. The van der Waals surface area contributed by atoms with Gasteiger partial charge in [-0.25, -0.2) is 4.98 Å². The molecule has 6 nitrogen and oxygen atoms in total. The highest BCUT2D eigenvalue weighted by atomic mass is 16.4. The van der Waals surface area contributed by atoms with Crippen LogP contribution in [0.15, 0.2) is 35.0 Å². The molecular formula is C14H14N4O2. The highest BCUT2D eigenvalue weighted by Gasteiger charge is 2.12. The lowest BCUT2D eigenvalue weighted by molar-refractivity contribution is 0.0949. The second kappa shape index (κ2) is 4.73. The van der Waals surface area contributed by atoms with Crippen molar-refractivity contribution in [3.05, 3.63) is 47.8 Å². The number of carbonyl (C=O) groups excluding carboxylic acids is 1. The normalized spacial score (nSPS) is 10.8. The van der Waals surface area contributed by atoms with Crippen LogP contribution in [0.4, 0.5) is 5.69 Å². The van der Waals surface area contributed by atoms with E-state index in [0.717, 1.165) is 10.9 Å². The first-order valence-corrected chi connectivity index (χ1v) is 6.19. The van der Waals surface area contributed by atoms with Crippen molar-refractivity contribution in [3.63, 3.8) is 0 Å². The van der Waals surface area contributed by atoms with E-state index in [1.54, 1.807) is 31.5 Å². The molecule has 0 radical (unpaired) electrons. The van der Waals surface area contributed by atoms with E-state index in [1.165, 1.54) is 0 Å². The molecule has 1 aromatic carbocycles. The summed E-state index contributed by atoms with van der Waals surface area (Å²) >= 11 is 0. The van der Waals surface area contributed by atoms with E-state index >= 15 is 0 Å². The first kappa shape index (κ1) is 12.3. The van der Waals surface area contributed by atoms with Crippen LogP contribution in [0.25, 0.3) is 10.9 Å². The molecule has 1 amide bonds. The van der Waals surface area contributed by atoms with Gasteiger partial charge in [0, 0.05) is 22.8 Å². The molecule has 3 aromatic rings. The van der Waals surface area contributed by atoms with E-state index in [4.69, 9.17) is 10.2 Å². The van der Waals surface area contributed by atoms with Gasteiger partial charge in [0.05, 0.1) is 18.3 Å². The standard InChI is InChI=1S/C14H14N4O2/c1-8-5-17-13(20-8)7-18-14(19)11-6-16-12-3-2-9(15)4-10(11)12/h2-6,16H,7,15H2,1H3,(H,18,19). The van der Waals surface area contributed by atoms with E-state index in [0.29, 0.717) is 22.9 Å². The van der Waals surface area contributed by atoms with Gasteiger partial charge in [-0.1, -0.05) is 0 Å².